The first-order valence-corrected chi connectivity index (χ1v) is 8.73. The van der Waals surface area contributed by atoms with E-state index in [0.29, 0.717) is 5.69 Å². The minimum absolute atomic E-state index is 0.645. The molecule has 6 heteroatoms. The molecule has 0 unspecified atom stereocenters. The van der Waals surface area contributed by atoms with Crippen LogP contribution in [0.25, 0.3) is 33.1 Å². The molecule has 6 nitrogen and oxygen atoms in total. The third-order valence-electron chi connectivity index (χ3n) is 4.96. The SMILES string of the molecule is Cc1cc2nc3c4cc(NO)ccc4n(CCN(C)C)c3nc2cc1C. The van der Waals surface area contributed by atoms with E-state index in [1.165, 1.54) is 11.1 Å². The molecular formula is C20H23N5O. The van der Waals surface area contributed by atoms with Crippen molar-refractivity contribution in [2.45, 2.75) is 20.4 Å². The molecule has 0 saturated carbocycles. The van der Waals surface area contributed by atoms with Crippen molar-refractivity contribution in [1.29, 1.82) is 0 Å². The molecule has 2 aromatic heterocycles. The van der Waals surface area contributed by atoms with E-state index >= 15 is 0 Å². The molecule has 0 aliphatic carbocycles. The van der Waals surface area contributed by atoms with Gasteiger partial charge in [0.1, 0.15) is 5.52 Å². The summed E-state index contributed by atoms with van der Waals surface area (Å²) in [5.74, 6) is 0. The summed E-state index contributed by atoms with van der Waals surface area (Å²) in [6.45, 7) is 5.92. The number of nitrogens with one attached hydrogen (secondary N) is 1. The van der Waals surface area contributed by atoms with E-state index in [1.807, 2.05) is 18.2 Å². The molecule has 0 spiro atoms. The summed E-state index contributed by atoms with van der Waals surface area (Å²) in [7, 11) is 4.13. The number of aromatic nitrogens is 3. The highest BCUT2D eigenvalue weighted by Gasteiger charge is 2.15. The molecule has 2 heterocycles. The molecule has 0 radical (unpaired) electrons. The van der Waals surface area contributed by atoms with Crippen LogP contribution < -0.4 is 5.48 Å². The lowest BCUT2D eigenvalue weighted by molar-refractivity contribution is 0.388. The molecular weight excluding hydrogens is 326 g/mol. The van der Waals surface area contributed by atoms with Gasteiger partial charge in [-0.3, -0.25) is 10.7 Å². The Labute approximate surface area is 152 Å². The van der Waals surface area contributed by atoms with Gasteiger partial charge in [-0.25, -0.2) is 9.97 Å². The third kappa shape index (κ3) is 2.67. The molecule has 2 aromatic carbocycles. The maximum atomic E-state index is 9.29. The Bertz CT molecular complexity index is 1130. The number of benzene rings is 2. The van der Waals surface area contributed by atoms with E-state index in [2.05, 4.69) is 55.0 Å². The first kappa shape index (κ1) is 16.8. The Hall–Kier alpha value is -2.70. The maximum absolute atomic E-state index is 9.29. The monoisotopic (exact) mass is 349 g/mol. The van der Waals surface area contributed by atoms with Gasteiger partial charge in [-0.05, 0) is 69.4 Å². The molecule has 0 saturated heterocycles. The van der Waals surface area contributed by atoms with Gasteiger partial charge in [0.25, 0.3) is 0 Å². The van der Waals surface area contributed by atoms with Crippen LogP contribution in [0, 0.1) is 13.8 Å². The fraction of sp³-hybridized carbons (Fsp3) is 0.300. The summed E-state index contributed by atoms with van der Waals surface area (Å²) in [4.78, 5) is 12.0. The number of hydrogen-bond donors (Lipinski definition) is 2. The predicted molar refractivity (Wildman–Crippen MR) is 106 cm³/mol. The number of anilines is 1. The fourth-order valence-corrected chi connectivity index (χ4v) is 3.34. The summed E-state index contributed by atoms with van der Waals surface area (Å²) in [6.07, 6.45) is 0. The summed E-state index contributed by atoms with van der Waals surface area (Å²) >= 11 is 0. The molecule has 0 amide bonds. The molecule has 0 atom stereocenters. The molecule has 4 rings (SSSR count). The van der Waals surface area contributed by atoms with Gasteiger partial charge in [0, 0.05) is 18.5 Å². The van der Waals surface area contributed by atoms with Crippen LogP contribution in [0.1, 0.15) is 11.1 Å². The second-order valence-corrected chi connectivity index (χ2v) is 7.12. The molecule has 0 aliphatic rings. The van der Waals surface area contributed by atoms with Crippen LogP contribution in [-0.2, 0) is 6.54 Å². The van der Waals surface area contributed by atoms with Gasteiger partial charge in [-0.1, -0.05) is 0 Å². The molecule has 26 heavy (non-hydrogen) atoms. The quantitative estimate of drug-likeness (QED) is 0.550. The van der Waals surface area contributed by atoms with Crippen molar-refractivity contribution in [2.75, 3.05) is 26.1 Å². The average Bonchev–Trinajstić information content (AvgIpc) is 2.91. The van der Waals surface area contributed by atoms with E-state index in [0.717, 1.165) is 46.2 Å². The van der Waals surface area contributed by atoms with Crippen LogP contribution in [-0.4, -0.2) is 45.3 Å². The topological polar surface area (TPSA) is 66.2 Å². The molecule has 0 fully saturated rings. The summed E-state index contributed by atoms with van der Waals surface area (Å²) < 4.78 is 2.22. The minimum Gasteiger partial charge on any atom is -0.323 e. The van der Waals surface area contributed by atoms with Crippen LogP contribution in [0.15, 0.2) is 30.3 Å². The second-order valence-electron chi connectivity index (χ2n) is 7.12. The summed E-state index contributed by atoms with van der Waals surface area (Å²) in [5, 5.41) is 10.3. The van der Waals surface area contributed by atoms with Crippen molar-refractivity contribution in [3.63, 3.8) is 0 Å². The number of likely N-dealkylation sites (N-methyl/N-ethyl adjacent to an activating group) is 1. The van der Waals surface area contributed by atoms with E-state index < -0.39 is 0 Å². The molecule has 0 aliphatic heterocycles. The molecule has 134 valence electrons. The standard InChI is InChI=1S/C20H23N5O/c1-12-9-16-17(10-13(12)2)22-20-19(21-16)15-11-14(23-26)5-6-18(15)25(20)8-7-24(3)4/h5-6,9-11,23,26H,7-8H2,1-4H3. The Morgan fingerprint density at radius 1 is 1.04 bits per heavy atom. The Kier molecular flexibility index (Phi) is 4.01. The lowest BCUT2D eigenvalue weighted by Crippen LogP contribution is -2.18. The van der Waals surface area contributed by atoms with Gasteiger partial charge in [-0.15, -0.1) is 0 Å². The normalized spacial score (nSPS) is 11.9. The predicted octanol–water partition coefficient (Wildman–Crippen LogP) is 3.72. The van der Waals surface area contributed by atoms with Crippen molar-refractivity contribution in [3.8, 4) is 0 Å². The average molecular weight is 349 g/mol. The first-order valence-electron chi connectivity index (χ1n) is 8.73. The van der Waals surface area contributed by atoms with Gasteiger partial charge in [0.05, 0.1) is 22.2 Å². The Morgan fingerprint density at radius 2 is 1.73 bits per heavy atom. The van der Waals surface area contributed by atoms with Crippen molar-refractivity contribution in [2.24, 2.45) is 0 Å². The highest BCUT2D eigenvalue weighted by Crippen LogP contribution is 2.31. The Morgan fingerprint density at radius 3 is 2.38 bits per heavy atom. The number of fused-ring (bicyclic) bond motifs is 4. The zero-order valence-electron chi connectivity index (χ0n) is 15.5. The fourth-order valence-electron chi connectivity index (χ4n) is 3.34. The number of aryl methyl sites for hydroxylation is 2. The van der Waals surface area contributed by atoms with Gasteiger partial charge >= 0.3 is 0 Å². The minimum atomic E-state index is 0.645. The number of nitrogens with zero attached hydrogens (tertiary/aromatic N) is 4. The molecule has 4 aromatic rings. The highest BCUT2D eigenvalue weighted by atomic mass is 16.5. The number of hydrogen-bond acceptors (Lipinski definition) is 5. The summed E-state index contributed by atoms with van der Waals surface area (Å²) in [5.41, 5.74) is 9.93. The van der Waals surface area contributed by atoms with Crippen molar-refractivity contribution >= 4 is 38.8 Å². The van der Waals surface area contributed by atoms with E-state index in [-0.39, 0.29) is 0 Å². The van der Waals surface area contributed by atoms with Gasteiger partial charge in [0.15, 0.2) is 5.65 Å². The molecule has 0 bridgehead atoms. The van der Waals surface area contributed by atoms with Crippen molar-refractivity contribution < 1.29 is 5.21 Å². The third-order valence-corrected chi connectivity index (χ3v) is 4.96. The highest BCUT2D eigenvalue weighted by molar-refractivity contribution is 6.07. The van der Waals surface area contributed by atoms with Crippen molar-refractivity contribution in [3.05, 3.63) is 41.5 Å². The Balaban J connectivity index is 2.07. The van der Waals surface area contributed by atoms with Crippen LogP contribution in [0.5, 0.6) is 0 Å². The van der Waals surface area contributed by atoms with E-state index in [4.69, 9.17) is 9.97 Å². The van der Waals surface area contributed by atoms with Crippen molar-refractivity contribution in [1.82, 2.24) is 19.4 Å². The van der Waals surface area contributed by atoms with Crippen LogP contribution in [0.3, 0.4) is 0 Å². The second kappa shape index (κ2) is 6.23. The van der Waals surface area contributed by atoms with E-state index in [1.54, 1.807) is 0 Å². The first-order chi connectivity index (χ1) is 12.5. The van der Waals surface area contributed by atoms with Crippen LogP contribution >= 0.6 is 0 Å². The van der Waals surface area contributed by atoms with E-state index in [9.17, 15) is 5.21 Å². The van der Waals surface area contributed by atoms with Crippen LogP contribution in [0.2, 0.25) is 0 Å². The maximum Gasteiger partial charge on any atom is 0.160 e. The lowest BCUT2D eigenvalue weighted by Gasteiger charge is -2.12. The lowest BCUT2D eigenvalue weighted by atomic mass is 10.1. The zero-order chi connectivity index (χ0) is 18.4. The smallest absolute Gasteiger partial charge is 0.160 e. The largest absolute Gasteiger partial charge is 0.323 e. The van der Waals surface area contributed by atoms with Crippen LogP contribution in [0.4, 0.5) is 5.69 Å². The number of rotatable bonds is 4. The molecule has 2 N–H and O–H groups in total. The zero-order valence-corrected chi connectivity index (χ0v) is 15.5. The van der Waals surface area contributed by atoms with Gasteiger partial charge in [-0.2, -0.15) is 0 Å². The van der Waals surface area contributed by atoms with Gasteiger partial charge < -0.3 is 9.47 Å². The summed E-state index contributed by atoms with van der Waals surface area (Å²) in [6, 6.07) is 9.99. The van der Waals surface area contributed by atoms with Gasteiger partial charge in [0.2, 0.25) is 0 Å².